The van der Waals surface area contributed by atoms with E-state index in [4.69, 9.17) is 15.5 Å². The zero-order chi connectivity index (χ0) is 14.9. The van der Waals surface area contributed by atoms with Crippen molar-refractivity contribution in [3.8, 4) is 5.75 Å². The highest BCUT2D eigenvalue weighted by molar-refractivity contribution is 5.97. The number of nitrogens with zero attached hydrogens (tertiary/aromatic N) is 2. The maximum absolute atomic E-state index is 5.90. The first kappa shape index (κ1) is 14.6. The van der Waals surface area contributed by atoms with Gasteiger partial charge in [0.05, 0.1) is 11.8 Å². The fraction of sp³-hybridized carbons (Fsp3) is 0.438. The monoisotopic (exact) mass is 273 g/mol. The fourth-order valence-corrected chi connectivity index (χ4v) is 2.50. The Bertz CT molecular complexity index is 621. The van der Waals surface area contributed by atoms with Crippen LogP contribution in [0, 0.1) is 6.92 Å². The first-order valence-electron chi connectivity index (χ1n) is 6.92. The van der Waals surface area contributed by atoms with Gasteiger partial charge < -0.3 is 15.4 Å². The number of hydrogen-bond donors (Lipinski definition) is 1. The normalized spacial score (nSPS) is 11.2. The molecule has 0 atom stereocenters. The van der Waals surface area contributed by atoms with Gasteiger partial charge in [-0.25, -0.2) is 4.98 Å². The summed E-state index contributed by atoms with van der Waals surface area (Å²) in [7, 11) is 4.06. The highest BCUT2D eigenvalue weighted by atomic mass is 16.5. The van der Waals surface area contributed by atoms with Crippen molar-refractivity contribution in [3.63, 3.8) is 0 Å². The van der Waals surface area contributed by atoms with Gasteiger partial charge in [-0.15, -0.1) is 0 Å². The number of rotatable bonds is 4. The summed E-state index contributed by atoms with van der Waals surface area (Å²) in [6, 6.07) is 6.05. The maximum Gasteiger partial charge on any atom is 0.145 e. The van der Waals surface area contributed by atoms with Gasteiger partial charge in [-0.1, -0.05) is 12.1 Å². The van der Waals surface area contributed by atoms with Crippen LogP contribution in [0.15, 0.2) is 18.2 Å². The molecule has 0 amide bonds. The molecule has 0 saturated carbocycles. The van der Waals surface area contributed by atoms with E-state index in [1.165, 1.54) is 0 Å². The van der Waals surface area contributed by atoms with Gasteiger partial charge in [-0.3, -0.25) is 0 Å². The first-order chi connectivity index (χ1) is 9.45. The van der Waals surface area contributed by atoms with Gasteiger partial charge in [0.15, 0.2) is 0 Å². The van der Waals surface area contributed by atoms with Crippen molar-refractivity contribution >= 4 is 16.6 Å². The number of pyridine rings is 1. The molecule has 1 heterocycles. The minimum atomic E-state index is 0.125. The molecule has 0 aliphatic rings. The summed E-state index contributed by atoms with van der Waals surface area (Å²) < 4.78 is 5.88. The molecule has 0 aliphatic carbocycles. The lowest BCUT2D eigenvalue weighted by Gasteiger charge is -2.22. The Balaban J connectivity index is 2.79. The largest absolute Gasteiger partial charge is 0.489 e. The molecule has 0 aliphatic heterocycles. The Hall–Kier alpha value is -1.81. The Morgan fingerprint density at radius 2 is 2.00 bits per heavy atom. The second kappa shape index (κ2) is 5.67. The number of benzene rings is 1. The number of hydrogen-bond acceptors (Lipinski definition) is 4. The first-order valence-corrected chi connectivity index (χ1v) is 6.92. The van der Waals surface area contributed by atoms with Crippen LogP contribution in [0.1, 0.15) is 25.1 Å². The van der Waals surface area contributed by atoms with Crippen molar-refractivity contribution in [2.75, 3.05) is 19.0 Å². The second-order valence-corrected chi connectivity index (χ2v) is 5.44. The summed E-state index contributed by atoms with van der Waals surface area (Å²) in [6.45, 7) is 6.53. The van der Waals surface area contributed by atoms with E-state index in [0.29, 0.717) is 6.54 Å². The van der Waals surface area contributed by atoms with Crippen LogP contribution in [0.5, 0.6) is 5.75 Å². The Morgan fingerprint density at radius 3 is 2.55 bits per heavy atom. The summed E-state index contributed by atoms with van der Waals surface area (Å²) in [5.41, 5.74) is 9.98. The fourth-order valence-electron chi connectivity index (χ4n) is 2.50. The minimum Gasteiger partial charge on any atom is -0.489 e. The molecule has 1 aromatic heterocycles. The molecule has 1 aromatic carbocycles. The highest BCUT2D eigenvalue weighted by Crippen LogP contribution is 2.35. The van der Waals surface area contributed by atoms with Crippen LogP contribution in [0.25, 0.3) is 10.9 Å². The Kier molecular flexibility index (Phi) is 4.14. The molecule has 2 aromatic rings. The zero-order valence-electron chi connectivity index (χ0n) is 12.9. The van der Waals surface area contributed by atoms with Crippen LogP contribution >= 0.6 is 0 Å². The minimum absolute atomic E-state index is 0.125. The summed E-state index contributed by atoms with van der Waals surface area (Å²) in [5, 5.41) is 1.08. The Morgan fingerprint density at radius 1 is 1.30 bits per heavy atom. The zero-order valence-corrected chi connectivity index (χ0v) is 12.9. The summed E-state index contributed by atoms with van der Waals surface area (Å²) in [4.78, 5) is 6.81. The number of nitrogens with two attached hydrogens (primary N) is 1. The SMILES string of the molecule is Cc1nc2c(OC(C)C)cccc2c(N(C)C)c1CN. The molecule has 4 heteroatoms. The maximum atomic E-state index is 5.90. The topological polar surface area (TPSA) is 51.4 Å². The van der Waals surface area contributed by atoms with Crippen LogP contribution in [0.4, 0.5) is 5.69 Å². The van der Waals surface area contributed by atoms with E-state index in [-0.39, 0.29) is 6.10 Å². The molecule has 20 heavy (non-hydrogen) atoms. The van der Waals surface area contributed by atoms with Crippen LogP contribution in [0.2, 0.25) is 0 Å². The standard InChI is InChI=1S/C16H23N3O/c1-10(2)20-14-8-6-7-12-15(14)18-11(3)13(9-17)16(12)19(4)5/h6-8,10H,9,17H2,1-5H3. The summed E-state index contributed by atoms with van der Waals surface area (Å²) in [5.74, 6) is 0.826. The number of aryl methyl sites for hydroxylation is 1. The second-order valence-electron chi connectivity index (χ2n) is 5.44. The number of fused-ring (bicyclic) bond motifs is 1. The van der Waals surface area contributed by atoms with Gasteiger partial charge in [-0.2, -0.15) is 0 Å². The van der Waals surface area contributed by atoms with E-state index in [9.17, 15) is 0 Å². The molecule has 108 valence electrons. The lowest BCUT2D eigenvalue weighted by molar-refractivity contribution is 0.245. The summed E-state index contributed by atoms with van der Waals surface area (Å²) in [6.07, 6.45) is 0.125. The van der Waals surface area contributed by atoms with E-state index in [2.05, 4.69) is 11.0 Å². The van der Waals surface area contributed by atoms with Gasteiger partial charge in [0.1, 0.15) is 11.3 Å². The van der Waals surface area contributed by atoms with Gasteiger partial charge in [0, 0.05) is 37.3 Å². The van der Waals surface area contributed by atoms with Crippen molar-refractivity contribution in [2.45, 2.75) is 33.4 Å². The molecule has 0 fully saturated rings. The van der Waals surface area contributed by atoms with Crippen molar-refractivity contribution in [3.05, 3.63) is 29.5 Å². The molecule has 4 nitrogen and oxygen atoms in total. The van der Waals surface area contributed by atoms with Crippen LogP contribution in [-0.2, 0) is 6.54 Å². The number of para-hydroxylation sites is 1. The molecule has 0 unspecified atom stereocenters. The van der Waals surface area contributed by atoms with Crippen molar-refractivity contribution < 1.29 is 4.74 Å². The number of ether oxygens (including phenoxy) is 1. The van der Waals surface area contributed by atoms with Crippen LogP contribution in [-0.4, -0.2) is 25.2 Å². The van der Waals surface area contributed by atoms with E-state index >= 15 is 0 Å². The molecule has 0 spiro atoms. The molecular weight excluding hydrogens is 250 g/mol. The predicted octanol–water partition coefficient (Wildman–Crippen LogP) is 2.86. The van der Waals surface area contributed by atoms with E-state index < -0.39 is 0 Å². The lowest BCUT2D eigenvalue weighted by Crippen LogP contribution is -2.16. The smallest absolute Gasteiger partial charge is 0.145 e. The quantitative estimate of drug-likeness (QED) is 0.930. The highest BCUT2D eigenvalue weighted by Gasteiger charge is 2.16. The number of anilines is 1. The van der Waals surface area contributed by atoms with Crippen molar-refractivity contribution in [1.29, 1.82) is 0 Å². The Labute approximate surface area is 120 Å². The third-order valence-corrected chi connectivity index (χ3v) is 3.27. The van der Waals surface area contributed by atoms with Crippen molar-refractivity contribution in [2.24, 2.45) is 5.73 Å². The van der Waals surface area contributed by atoms with E-state index in [1.54, 1.807) is 0 Å². The van der Waals surface area contributed by atoms with Crippen molar-refractivity contribution in [1.82, 2.24) is 4.98 Å². The van der Waals surface area contributed by atoms with Crippen LogP contribution < -0.4 is 15.4 Å². The number of aromatic nitrogens is 1. The van der Waals surface area contributed by atoms with Gasteiger partial charge in [0.2, 0.25) is 0 Å². The van der Waals surface area contributed by atoms with Gasteiger partial charge in [-0.05, 0) is 26.8 Å². The van der Waals surface area contributed by atoms with Crippen LogP contribution in [0.3, 0.4) is 0 Å². The molecular formula is C16H23N3O. The van der Waals surface area contributed by atoms with E-state index in [1.807, 2.05) is 47.0 Å². The third-order valence-electron chi connectivity index (χ3n) is 3.27. The lowest BCUT2D eigenvalue weighted by atomic mass is 10.0. The average Bonchev–Trinajstić information content (AvgIpc) is 2.37. The molecule has 2 rings (SSSR count). The molecule has 2 N–H and O–H groups in total. The summed E-state index contributed by atoms with van der Waals surface area (Å²) >= 11 is 0. The average molecular weight is 273 g/mol. The molecule has 0 saturated heterocycles. The molecule has 0 bridgehead atoms. The van der Waals surface area contributed by atoms with E-state index in [0.717, 1.165) is 33.6 Å². The molecule has 0 radical (unpaired) electrons. The predicted molar refractivity (Wildman–Crippen MR) is 84.5 cm³/mol. The van der Waals surface area contributed by atoms with Gasteiger partial charge in [0.25, 0.3) is 0 Å². The van der Waals surface area contributed by atoms with Gasteiger partial charge >= 0.3 is 0 Å². The third kappa shape index (κ3) is 2.56.